The van der Waals surface area contributed by atoms with Crippen LogP contribution in [0.4, 0.5) is 24.7 Å². The highest BCUT2D eigenvalue weighted by Crippen LogP contribution is 2.36. The van der Waals surface area contributed by atoms with Crippen molar-refractivity contribution in [3.63, 3.8) is 0 Å². The highest BCUT2D eigenvalue weighted by atomic mass is 19.4. The first kappa shape index (κ1) is 23.0. The molecule has 176 valence electrons. The summed E-state index contributed by atoms with van der Waals surface area (Å²) >= 11 is 0. The topological polar surface area (TPSA) is 97.1 Å². The first-order chi connectivity index (χ1) is 15.6. The number of nitrogens with zero attached hydrogens (tertiary/aromatic N) is 4. The van der Waals surface area contributed by atoms with Crippen molar-refractivity contribution < 1.29 is 23.0 Å². The van der Waals surface area contributed by atoms with Gasteiger partial charge in [-0.15, -0.1) is 0 Å². The van der Waals surface area contributed by atoms with Gasteiger partial charge in [0.05, 0.1) is 11.7 Å². The summed E-state index contributed by atoms with van der Waals surface area (Å²) in [5.74, 6) is 0.761. The van der Waals surface area contributed by atoms with E-state index in [1.165, 1.54) is 10.9 Å². The lowest BCUT2D eigenvalue weighted by molar-refractivity contribution is -0.141. The van der Waals surface area contributed by atoms with Crippen LogP contribution in [0.5, 0.6) is 11.6 Å². The van der Waals surface area contributed by atoms with Crippen molar-refractivity contribution in [3.8, 4) is 11.6 Å². The summed E-state index contributed by atoms with van der Waals surface area (Å²) < 4.78 is 47.1. The average molecular weight is 462 g/mol. The van der Waals surface area contributed by atoms with Crippen LogP contribution in [0.15, 0.2) is 42.7 Å². The molecule has 3 aromatic rings. The number of hydrogen-bond acceptors (Lipinski definition) is 7. The van der Waals surface area contributed by atoms with Gasteiger partial charge in [-0.25, -0.2) is 9.67 Å². The van der Waals surface area contributed by atoms with E-state index < -0.39 is 17.5 Å². The summed E-state index contributed by atoms with van der Waals surface area (Å²) in [6.45, 7) is 4.67. The normalized spacial score (nSPS) is 15.5. The summed E-state index contributed by atoms with van der Waals surface area (Å²) in [6.07, 6.45) is -0.202. The van der Waals surface area contributed by atoms with Gasteiger partial charge in [-0.05, 0) is 58.0 Å². The van der Waals surface area contributed by atoms with Gasteiger partial charge in [-0.1, -0.05) is 0 Å². The number of aromatic nitrogens is 4. The molecule has 11 heteroatoms. The van der Waals surface area contributed by atoms with Gasteiger partial charge in [0.2, 0.25) is 5.88 Å². The third-order valence-corrected chi connectivity index (χ3v) is 5.26. The number of anilines is 2. The first-order valence-electron chi connectivity index (χ1n) is 10.6. The smallest absolute Gasteiger partial charge is 0.435 e. The fraction of sp³-hybridized carbons (Fsp3) is 0.409. The third-order valence-electron chi connectivity index (χ3n) is 5.26. The molecule has 8 nitrogen and oxygen atoms in total. The molecule has 0 unspecified atom stereocenters. The maximum absolute atomic E-state index is 13.3. The second-order valence-corrected chi connectivity index (χ2v) is 8.38. The Kier molecular flexibility index (Phi) is 6.26. The zero-order valence-corrected chi connectivity index (χ0v) is 18.2. The van der Waals surface area contributed by atoms with E-state index in [1.54, 1.807) is 44.3 Å². The predicted molar refractivity (Wildman–Crippen MR) is 115 cm³/mol. The molecule has 0 atom stereocenters. The molecule has 4 rings (SSSR count). The standard InChI is InChI=1S/C22H25F3N6O2/c1-21(2,32)17-11-14(3-9-27-17)29-19-12-16(6-10-28-19)33-20-13-18(22(23,24)25)30-31(20)15-4-7-26-8-5-15/h3,6,9-13,15,26,32H,4-5,7-8H2,1-2H3,(H,27,28,29). The number of rotatable bonds is 6. The molecule has 0 amide bonds. The van der Waals surface area contributed by atoms with Crippen molar-refractivity contribution in [2.24, 2.45) is 0 Å². The van der Waals surface area contributed by atoms with E-state index in [9.17, 15) is 18.3 Å². The maximum Gasteiger partial charge on any atom is 0.435 e. The van der Waals surface area contributed by atoms with Gasteiger partial charge in [0.25, 0.3) is 0 Å². The molecule has 3 aromatic heterocycles. The quantitative estimate of drug-likeness (QED) is 0.500. The predicted octanol–water partition coefficient (Wildman–Crippen LogP) is 4.38. The molecule has 1 saturated heterocycles. The molecule has 1 aliphatic rings. The Bertz CT molecular complexity index is 1100. The lowest BCUT2D eigenvalue weighted by atomic mass is 10.0. The minimum Gasteiger partial charge on any atom is -0.439 e. The lowest BCUT2D eigenvalue weighted by Crippen LogP contribution is -2.30. The lowest BCUT2D eigenvalue weighted by Gasteiger charge is -2.24. The van der Waals surface area contributed by atoms with Crippen LogP contribution in [-0.4, -0.2) is 37.9 Å². The van der Waals surface area contributed by atoms with Crippen LogP contribution in [0.3, 0.4) is 0 Å². The molecule has 0 aliphatic carbocycles. The van der Waals surface area contributed by atoms with E-state index in [2.05, 4.69) is 25.7 Å². The fourth-order valence-corrected chi connectivity index (χ4v) is 3.56. The molecule has 0 aromatic carbocycles. The van der Waals surface area contributed by atoms with Crippen molar-refractivity contribution in [2.45, 2.75) is 44.5 Å². The number of pyridine rings is 2. The number of nitrogens with one attached hydrogen (secondary N) is 2. The van der Waals surface area contributed by atoms with E-state index in [4.69, 9.17) is 4.74 Å². The highest BCUT2D eigenvalue weighted by molar-refractivity contribution is 5.57. The van der Waals surface area contributed by atoms with Gasteiger partial charge in [0.15, 0.2) is 5.69 Å². The minimum atomic E-state index is -4.57. The number of aliphatic hydroxyl groups is 1. The number of alkyl halides is 3. The molecule has 1 fully saturated rings. The largest absolute Gasteiger partial charge is 0.439 e. The monoisotopic (exact) mass is 462 g/mol. The Morgan fingerprint density at radius 3 is 2.48 bits per heavy atom. The van der Waals surface area contributed by atoms with Crippen molar-refractivity contribution in [1.82, 2.24) is 25.1 Å². The van der Waals surface area contributed by atoms with Crippen LogP contribution in [0, 0.1) is 0 Å². The first-order valence-corrected chi connectivity index (χ1v) is 10.6. The van der Waals surface area contributed by atoms with E-state index in [1.807, 2.05) is 0 Å². The molecule has 1 aliphatic heterocycles. The second kappa shape index (κ2) is 8.99. The number of hydrogen-bond donors (Lipinski definition) is 3. The van der Waals surface area contributed by atoms with Crippen molar-refractivity contribution >= 4 is 11.5 Å². The summed E-state index contributed by atoms with van der Waals surface area (Å²) in [7, 11) is 0. The molecule has 0 saturated carbocycles. The maximum atomic E-state index is 13.3. The summed E-state index contributed by atoms with van der Waals surface area (Å²) in [4.78, 5) is 8.40. The van der Waals surface area contributed by atoms with E-state index in [0.717, 1.165) is 6.07 Å². The van der Waals surface area contributed by atoms with E-state index >= 15 is 0 Å². The van der Waals surface area contributed by atoms with Crippen molar-refractivity contribution in [3.05, 3.63) is 54.1 Å². The Balaban J connectivity index is 1.58. The summed E-state index contributed by atoms with van der Waals surface area (Å²) in [5.41, 5.74) is -0.977. The van der Waals surface area contributed by atoms with Crippen molar-refractivity contribution in [1.29, 1.82) is 0 Å². The molecule has 3 N–H and O–H groups in total. The second-order valence-electron chi connectivity index (χ2n) is 8.38. The fourth-order valence-electron chi connectivity index (χ4n) is 3.56. The zero-order valence-electron chi connectivity index (χ0n) is 18.2. The highest BCUT2D eigenvalue weighted by Gasteiger charge is 2.36. The van der Waals surface area contributed by atoms with E-state index in [0.29, 0.717) is 48.9 Å². The van der Waals surface area contributed by atoms with Crippen LogP contribution >= 0.6 is 0 Å². The molecule has 4 heterocycles. The minimum absolute atomic E-state index is 0.0274. The Labute approximate surface area is 188 Å². The number of halogens is 3. The molecule has 33 heavy (non-hydrogen) atoms. The van der Waals surface area contributed by atoms with Gasteiger partial charge in [0.1, 0.15) is 17.2 Å². The van der Waals surface area contributed by atoms with Gasteiger partial charge in [-0.3, -0.25) is 4.98 Å². The average Bonchev–Trinajstić information content (AvgIpc) is 3.19. The van der Waals surface area contributed by atoms with Gasteiger partial charge >= 0.3 is 6.18 Å². The third kappa shape index (κ3) is 5.60. The molecule has 0 spiro atoms. The van der Waals surface area contributed by atoms with Gasteiger partial charge in [-0.2, -0.15) is 18.3 Å². The van der Waals surface area contributed by atoms with Crippen LogP contribution in [0.2, 0.25) is 0 Å². The van der Waals surface area contributed by atoms with Crippen molar-refractivity contribution in [2.75, 3.05) is 18.4 Å². The van der Waals surface area contributed by atoms with Gasteiger partial charge in [0, 0.05) is 30.2 Å². The molecule has 0 radical (unpaired) electrons. The number of piperidine rings is 1. The Hall–Kier alpha value is -3.18. The van der Waals surface area contributed by atoms with Crippen LogP contribution in [0.1, 0.15) is 44.1 Å². The summed E-state index contributed by atoms with van der Waals surface area (Å²) in [5, 5.41) is 20.3. The Morgan fingerprint density at radius 1 is 1.06 bits per heavy atom. The molecular weight excluding hydrogens is 437 g/mol. The van der Waals surface area contributed by atoms with Gasteiger partial charge < -0.3 is 20.5 Å². The molecule has 0 bridgehead atoms. The Morgan fingerprint density at radius 2 is 1.79 bits per heavy atom. The molecular formula is C22H25F3N6O2. The zero-order chi connectivity index (χ0) is 23.6. The SMILES string of the molecule is CC(C)(O)c1cc(Nc2cc(Oc3cc(C(F)(F)F)nn3C3CCNCC3)ccn2)ccn1. The van der Waals surface area contributed by atoms with Crippen LogP contribution in [-0.2, 0) is 11.8 Å². The van der Waals surface area contributed by atoms with Crippen LogP contribution in [0.25, 0.3) is 0 Å². The van der Waals surface area contributed by atoms with Crippen LogP contribution < -0.4 is 15.4 Å². The summed E-state index contributed by atoms with van der Waals surface area (Å²) in [6, 6.07) is 7.29. The number of ether oxygens (including phenoxy) is 1. The van der Waals surface area contributed by atoms with E-state index in [-0.39, 0.29) is 11.9 Å².